The number of nitrogens with one attached hydrogen (secondary N) is 2. The predicted octanol–water partition coefficient (Wildman–Crippen LogP) is 1.37. The summed E-state index contributed by atoms with van der Waals surface area (Å²) >= 11 is 5.74. The minimum atomic E-state index is -3.19. The third-order valence-corrected chi connectivity index (χ3v) is 3.91. The minimum absolute atomic E-state index is 0.140. The van der Waals surface area contributed by atoms with Crippen molar-refractivity contribution in [2.24, 2.45) is 0 Å². The molecule has 0 atom stereocenters. The molecule has 0 spiro atoms. The van der Waals surface area contributed by atoms with Gasteiger partial charge in [-0.25, -0.2) is 13.1 Å². The summed E-state index contributed by atoms with van der Waals surface area (Å²) in [7, 11) is -1.39. The van der Waals surface area contributed by atoms with Crippen molar-refractivity contribution in [3.05, 3.63) is 34.9 Å². The van der Waals surface area contributed by atoms with Crippen molar-refractivity contribution in [1.29, 1.82) is 0 Å². The fourth-order valence-corrected chi connectivity index (χ4v) is 2.49. The van der Waals surface area contributed by atoms with E-state index in [1.54, 1.807) is 31.3 Å². The van der Waals surface area contributed by atoms with Crippen molar-refractivity contribution in [3.63, 3.8) is 0 Å². The van der Waals surface area contributed by atoms with Crippen LogP contribution in [0.25, 0.3) is 0 Å². The summed E-state index contributed by atoms with van der Waals surface area (Å²) in [5.74, 6) is 0.140. The highest BCUT2D eigenvalue weighted by Crippen LogP contribution is 2.09. The van der Waals surface area contributed by atoms with E-state index in [0.29, 0.717) is 24.5 Å². The molecule has 17 heavy (non-hydrogen) atoms. The molecule has 2 N–H and O–H groups in total. The van der Waals surface area contributed by atoms with Crippen LogP contribution in [0.5, 0.6) is 0 Å². The van der Waals surface area contributed by atoms with Crippen molar-refractivity contribution in [3.8, 4) is 0 Å². The highest BCUT2D eigenvalue weighted by molar-refractivity contribution is 7.89. The molecular formula is C11H17ClN2O2S. The van der Waals surface area contributed by atoms with Gasteiger partial charge < -0.3 is 5.32 Å². The standard InChI is InChI=1S/C11H17ClN2O2S/c1-13-7-2-8-17(15,16)14-9-10-3-5-11(12)6-4-10/h3-6,13-14H,2,7-9H2,1H3. The average Bonchev–Trinajstić information content (AvgIpc) is 2.29. The van der Waals surface area contributed by atoms with Gasteiger partial charge in [0.15, 0.2) is 0 Å². The Kier molecular flexibility index (Phi) is 5.91. The normalized spacial score (nSPS) is 11.6. The molecule has 0 aliphatic rings. The molecule has 0 heterocycles. The molecule has 0 saturated heterocycles. The van der Waals surface area contributed by atoms with Crippen LogP contribution in [0.2, 0.25) is 5.02 Å². The number of sulfonamides is 1. The molecule has 0 saturated carbocycles. The third-order valence-electron chi connectivity index (χ3n) is 2.25. The topological polar surface area (TPSA) is 58.2 Å². The maximum Gasteiger partial charge on any atom is 0.211 e. The van der Waals surface area contributed by atoms with Crippen LogP contribution in [-0.4, -0.2) is 27.8 Å². The van der Waals surface area contributed by atoms with E-state index >= 15 is 0 Å². The highest BCUT2D eigenvalue weighted by atomic mass is 35.5. The first-order chi connectivity index (χ1) is 8.03. The summed E-state index contributed by atoms with van der Waals surface area (Å²) in [5.41, 5.74) is 0.895. The van der Waals surface area contributed by atoms with Gasteiger partial charge in [-0.2, -0.15) is 0 Å². The van der Waals surface area contributed by atoms with Gasteiger partial charge in [0.2, 0.25) is 10.0 Å². The molecule has 0 unspecified atom stereocenters. The molecule has 0 radical (unpaired) electrons. The van der Waals surface area contributed by atoms with Gasteiger partial charge in [-0.15, -0.1) is 0 Å². The number of benzene rings is 1. The first kappa shape index (κ1) is 14.4. The molecule has 0 amide bonds. The summed E-state index contributed by atoms with van der Waals surface area (Å²) in [6.07, 6.45) is 0.604. The van der Waals surface area contributed by atoms with Gasteiger partial charge in [0.25, 0.3) is 0 Å². The number of rotatable bonds is 7. The zero-order valence-corrected chi connectivity index (χ0v) is 11.3. The summed E-state index contributed by atoms with van der Waals surface area (Å²) in [6.45, 7) is 1.00. The Morgan fingerprint density at radius 3 is 2.47 bits per heavy atom. The van der Waals surface area contributed by atoms with Crippen LogP contribution in [0.3, 0.4) is 0 Å². The first-order valence-electron chi connectivity index (χ1n) is 5.40. The Labute approximate surface area is 107 Å². The molecule has 0 fully saturated rings. The molecule has 1 aromatic rings. The zero-order valence-electron chi connectivity index (χ0n) is 9.74. The lowest BCUT2D eigenvalue weighted by Crippen LogP contribution is -2.27. The number of hydrogen-bond donors (Lipinski definition) is 2. The molecule has 1 rings (SSSR count). The summed E-state index contributed by atoms with van der Waals surface area (Å²) in [6, 6.07) is 7.09. The van der Waals surface area contributed by atoms with Crippen molar-refractivity contribution in [1.82, 2.24) is 10.0 Å². The maximum atomic E-state index is 11.6. The smallest absolute Gasteiger partial charge is 0.211 e. The van der Waals surface area contributed by atoms with Crippen LogP contribution in [0.4, 0.5) is 0 Å². The van der Waals surface area contributed by atoms with Gasteiger partial charge in [-0.3, -0.25) is 0 Å². The van der Waals surface area contributed by atoms with E-state index in [9.17, 15) is 8.42 Å². The van der Waals surface area contributed by atoms with Crippen LogP contribution >= 0.6 is 11.6 Å². The van der Waals surface area contributed by atoms with Crippen LogP contribution in [0.15, 0.2) is 24.3 Å². The summed E-state index contributed by atoms with van der Waals surface area (Å²) < 4.78 is 25.7. The lowest BCUT2D eigenvalue weighted by molar-refractivity contribution is 0.577. The second-order valence-corrected chi connectivity index (χ2v) is 6.09. The largest absolute Gasteiger partial charge is 0.320 e. The van der Waals surface area contributed by atoms with E-state index in [4.69, 9.17) is 11.6 Å². The van der Waals surface area contributed by atoms with Gasteiger partial charge in [0, 0.05) is 11.6 Å². The maximum absolute atomic E-state index is 11.6. The van der Waals surface area contributed by atoms with E-state index in [1.807, 2.05) is 0 Å². The van der Waals surface area contributed by atoms with Gasteiger partial charge >= 0.3 is 0 Å². The van der Waals surface area contributed by atoms with Crippen molar-refractivity contribution < 1.29 is 8.42 Å². The Morgan fingerprint density at radius 1 is 1.24 bits per heavy atom. The van der Waals surface area contributed by atoms with E-state index in [0.717, 1.165) is 5.56 Å². The second-order valence-electron chi connectivity index (χ2n) is 3.72. The summed E-state index contributed by atoms with van der Waals surface area (Å²) in [5, 5.41) is 3.56. The third kappa shape index (κ3) is 6.02. The quantitative estimate of drug-likeness (QED) is 0.740. The average molecular weight is 277 g/mol. The van der Waals surface area contributed by atoms with E-state index in [2.05, 4.69) is 10.0 Å². The number of hydrogen-bond acceptors (Lipinski definition) is 3. The van der Waals surface area contributed by atoms with Crippen LogP contribution in [0, 0.1) is 0 Å². The SMILES string of the molecule is CNCCCS(=O)(=O)NCc1ccc(Cl)cc1. The Morgan fingerprint density at radius 2 is 1.88 bits per heavy atom. The van der Waals surface area contributed by atoms with E-state index in [-0.39, 0.29) is 5.75 Å². The number of halogens is 1. The molecule has 0 aromatic heterocycles. The van der Waals surface area contributed by atoms with E-state index < -0.39 is 10.0 Å². The molecule has 4 nitrogen and oxygen atoms in total. The molecule has 0 bridgehead atoms. The molecule has 1 aromatic carbocycles. The molecular weight excluding hydrogens is 260 g/mol. The van der Waals surface area contributed by atoms with Gasteiger partial charge in [0.05, 0.1) is 5.75 Å². The fourth-order valence-electron chi connectivity index (χ4n) is 1.31. The Hall–Kier alpha value is -0.620. The minimum Gasteiger partial charge on any atom is -0.320 e. The van der Waals surface area contributed by atoms with Crippen molar-refractivity contribution in [2.75, 3.05) is 19.3 Å². The molecule has 0 aliphatic heterocycles. The first-order valence-corrected chi connectivity index (χ1v) is 7.43. The van der Waals surface area contributed by atoms with Crippen LogP contribution in [0.1, 0.15) is 12.0 Å². The van der Waals surface area contributed by atoms with Crippen molar-refractivity contribution in [2.45, 2.75) is 13.0 Å². The lowest BCUT2D eigenvalue weighted by Gasteiger charge is -2.06. The van der Waals surface area contributed by atoms with Crippen molar-refractivity contribution >= 4 is 21.6 Å². The van der Waals surface area contributed by atoms with Gasteiger partial charge in [-0.1, -0.05) is 23.7 Å². The van der Waals surface area contributed by atoms with Crippen LogP contribution < -0.4 is 10.0 Å². The Balaban J connectivity index is 2.41. The summed E-state index contributed by atoms with van der Waals surface area (Å²) in [4.78, 5) is 0. The van der Waals surface area contributed by atoms with Gasteiger partial charge in [-0.05, 0) is 37.7 Å². The Bertz CT molecular complexity index is 431. The van der Waals surface area contributed by atoms with E-state index in [1.165, 1.54) is 0 Å². The predicted molar refractivity (Wildman–Crippen MR) is 70.6 cm³/mol. The molecule has 6 heteroatoms. The molecule has 0 aliphatic carbocycles. The van der Waals surface area contributed by atoms with Crippen LogP contribution in [-0.2, 0) is 16.6 Å². The molecule has 96 valence electrons. The lowest BCUT2D eigenvalue weighted by atomic mass is 10.2. The van der Waals surface area contributed by atoms with Gasteiger partial charge in [0.1, 0.15) is 0 Å². The second kappa shape index (κ2) is 6.96. The zero-order chi connectivity index (χ0) is 12.7. The monoisotopic (exact) mass is 276 g/mol. The highest BCUT2D eigenvalue weighted by Gasteiger charge is 2.08. The fraction of sp³-hybridized carbons (Fsp3) is 0.455.